The lowest BCUT2D eigenvalue weighted by Crippen LogP contribution is -2.27. The number of nitriles is 1. The van der Waals surface area contributed by atoms with Crippen LogP contribution in [-0.4, -0.2) is 17.0 Å². The Labute approximate surface area is 105 Å². The summed E-state index contributed by atoms with van der Waals surface area (Å²) in [7, 11) is 0. The molecule has 0 unspecified atom stereocenters. The molecule has 4 heteroatoms. The summed E-state index contributed by atoms with van der Waals surface area (Å²) < 4.78 is 1.82. The number of benzene rings is 1. The van der Waals surface area contributed by atoms with Crippen molar-refractivity contribution in [3.63, 3.8) is 0 Å². The molecule has 4 nitrogen and oxygen atoms in total. The Morgan fingerprint density at radius 1 is 1.44 bits per heavy atom. The first-order valence-electron chi connectivity index (χ1n) is 5.44. The highest BCUT2D eigenvalue weighted by molar-refractivity contribution is 5.84. The predicted molar refractivity (Wildman–Crippen MR) is 68.5 cm³/mol. The van der Waals surface area contributed by atoms with E-state index in [-0.39, 0.29) is 19.0 Å². The Morgan fingerprint density at radius 2 is 2.28 bits per heavy atom. The molecule has 0 saturated carbocycles. The first kappa shape index (κ1) is 11.8. The van der Waals surface area contributed by atoms with Crippen LogP contribution in [0.2, 0.25) is 0 Å². The van der Waals surface area contributed by atoms with Crippen molar-refractivity contribution in [3.8, 4) is 18.4 Å². The molecule has 0 aliphatic rings. The van der Waals surface area contributed by atoms with E-state index in [0.717, 1.165) is 10.9 Å². The zero-order chi connectivity index (χ0) is 13.0. The van der Waals surface area contributed by atoms with Gasteiger partial charge in [0.15, 0.2) is 0 Å². The van der Waals surface area contributed by atoms with Crippen LogP contribution in [0.4, 0.5) is 0 Å². The molecule has 1 amide bonds. The Hall–Kier alpha value is -2.72. The van der Waals surface area contributed by atoms with Gasteiger partial charge in [0, 0.05) is 17.1 Å². The molecule has 1 aromatic heterocycles. The van der Waals surface area contributed by atoms with Crippen molar-refractivity contribution in [2.45, 2.75) is 6.54 Å². The quantitative estimate of drug-likeness (QED) is 0.817. The summed E-state index contributed by atoms with van der Waals surface area (Å²) in [5.74, 6) is 2.22. The topological polar surface area (TPSA) is 57.8 Å². The Morgan fingerprint density at radius 3 is 3.00 bits per heavy atom. The van der Waals surface area contributed by atoms with E-state index >= 15 is 0 Å². The zero-order valence-electron chi connectivity index (χ0n) is 9.68. The van der Waals surface area contributed by atoms with Gasteiger partial charge in [0.05, 0.1) is 18.2 Å². The number of carbonyl (C=O) groups excluding carboxylic acids is 1. The van der Waals surface area contributed by atoms with Gasteiger partial charge in [-0.1, -0.05) is 5.92 Å². The van der Waals surface area contributed by atoms with Gasteiger partial charge in [-0.25, -0.2) is 0 Å². The fraction of sp³-hybridized carbons (Fsp3) is 0.143. The molecule has 0 bridgehead atoms. The Bertz CT molecular complexity index is 670. The molecule has 0 radical (unpaired) electrons. The third-order valence-corrected chi connectivity index (χ3v) is 2.60. The second-order valence-electron chi connectivity index (χ2n) is 3.81. The van der Waals surface area contributed by atoms with Gasteiger partial charge >= 0.3 is 0 Å². The predicted octanol–water partition coefficient (Wildman–Crippen LogP) is 1.26. The second-order valence-corrected chi connectivity index (χ2v) is 3.81. The highest BCUT2D eigenvalue weighted by atomic mass is 16.1. The van der Waals surface area contributed by atoms with Crippen molar-refractivity contribution in [3.05, 3.63) is 36.0 Å². The maximum absolute atomic E-state index is 11.6. The third kappa shape index (κ3) is 2.34. The summed E-state index contributed by atoms with van der Waals surface area (Å²) in [6.45, 7) is 0.452. The van der Waals surface area contributed by atoms with Crippen LogP contribution in [0.1, 0.15) is 5.56 Å². The molecular formula is C14H11N3O. The van der Waals surface area contributed by atoms with Crippen LogP contribution in [-0.2, 0) is 11.3 Å². The molecule has 0 saturated heterocycles. The third-order valence-electron chi connectivity index (χ3n) is 2.60. The largest absolute Gasteiger partial charge is 0.344 e. The van der Waals surface area contributed by atoms with Gasteiger partial charge in [-0.05, 0) is 24.3 Å². The number of nitrogens with one attached hydrogen (secondary N) is 1. The number of terminal acetylenes is 1. The monoisotopic (exact) mass is 237 g/mol. The van der Waals surface area contributed by atoms with Crippen molar-refractivity contribution in [1.29, 1.82) is 5.26 Å². The Kier molecular flexibility index (Phi) is 3.31. The molecular weight excluding hydrogens is 226 g/mol. The average Bonchev–Trinajstić information content (AvgIpc) is 2.78. The molecule has 1 N–H and O–H groups in total. The lowest BCUT2D eigenvalue weighted by atomic mass is 10.2. The fourth-order valence-corrected chi connectivity index (χ4v) is 1.77. The molecule has 0 aliphatic carbocycles. The van der Waals surface area contributed by atoms with Crippen LogP contribution in [0.15, 0.2) is 30.5 Å². The number of hydrogen-bond donors (Lipinski definition) is 1. The van der Waals surface area contributed by atoms with E-state index in [9.17, 15) is 4.79 Å². The maximum atomic E-state index is 11.6. The average molecular weight is 237 g/mol. The SMILES string of the molecule is C#CCNC(=O)Cn1ccc2cc(C#N)ccc21. The van der Waals surface area contributed by atoms with Gasteiger partial charge in [0.25, 0.3) is 0 Å². The molecule has 0 fully saturated rings. The van der Waals surface area contributed by atoms with Crippen LogP contribution in [0, 0.1) is 23.7 Å². The van der Waals surface area contributed by atoms with E-state index in [1.54, 1.807) is 12.1 Å². The zero-order valence-corrected chi connectivity index (χ0v) is 9.68. The maximum Gasteiger partial charge on any atom is 0.240 e. The lowest BCUT2D eigenvalue weighted by molar-refractivity contribution is -0.121. The highest BCUT2D eigenvalue weighted by Gasteiger charge is 2.05. The number of amides is 1. The lowest BCUT2D eigenvalue weighted by Gasteiger charge is -2.05. The molecule has 1 aromatic carbocycles. The van der Waals surface area contributed by atoms with Gasteiger partial charge in [-0.2, -0.15) is 5.26 Å². The van der Waals surface area contributed by atoms with Gasteiger partial charge in [0.2, 0.25) is 5.91 Å². The standard InChI is InChI=1S/C14H11N3O/c1-2-6-16-14(18)10-17-7-5-12-8-11(9-15)3-4-13(12)17/h1,3-5,7-8H,6,10H2,(H,16,18). The molecule has 0 aliphatic heterocycles. The van der Waals surface area contributed by atoms with E-state index in [0.29, 0.717) is 5.56 Å². The van der Waals surface area contributed by atoms with Crippen LogP contribution in [0.3, 0.4) is 0 Å². The first-order valence-corrected chi connectivity index (χ1v) is 5.44. The number of rotatable bonds is 3. The number of fused-ring (bicyclic) bond motifs is 1. The number of aromatic nitrogens is 1. The number of hydrogen-bond acceptors (Lipinski definition) is 2. The fourth-order valence-electron chi connectivity index (χ4n) is 1.77. The second kappa shape index (κ2) is 5.07. The van der Waals surface area contributed by atoms with Crippen LogP contribution in [0.25, 0.3) is 10.9 Å². The van der Waals surface area contributed by atoms with Crippen molar-refractivity contribution in [2.24, 2.45) is 0 Å². The Balaban J connectivity index is 2.23. The molecule has 18 heavy (non-hydrogen) atoms. The minimum absolute atomic E-state index is 0.130. The molecule has 88 valence electrons. The highest BCUT2D eigenvalue weighted by Crippen LogP contribution is 2.17. The summed E-state index contributed by atoms with van der Waals surface area (Å²) >= 11 is 0. The van der Waals surface area contributed by atoms with Gasteiger partial charge in [-0.3, -0.25) is 4.79 Å². The molecule has 2 rings (SSSR count). The minimum atomic E-state index is -0.130. The van der Waals surface area contributed by atoms with Crippen molar-refractivity contribution < 1.29 is 4.79 Å². The van der Waals surface area contributed by atoms with Gasteiger partial charge < -0.3 is 9.88 Å². The van der Waals surface area contributed by atoms with Gasteiger partial charge in [0.1, 0.15) is 6.54 Å². The van der Waals surface area contributed by atoms with Crippen LogP contribution in [0.5, 0.6) is 0 Å². The summed E-state index contributed by atoms with van der Waals surface area (Å²) in [6, 6.07) is 9.33. The van der Waals surface area contributed by atoms with E-state index in [2.05, 4.69) is 17.3 Å². The van der Waals surface area contributed by atoms with Gasteiger partial charge in [-0.15, -0.1) is 6.42 Å². The van der Waals surface area contributed by atoms with Crippen molar-refractivity contribution in [1.82, 2.24) is 9.88 Å². The van der Waals surface area contributed by atoms with Crippen molar-refractivity contribution >= 4 is 16.8 Å². The van der Waals surface area contributed by atoms with E-state index in [1.165, 1.54) is 0 Å². The van der Waals surface area contributed by atoms with Crippen LogP contribution < -0.4 is 5.32 Å². The number of nitrogens with zero attached hydrogens (tertiary/aromatic N) is 2. The number of carbonyl (C=O) groups is 1. The summed E-state index contributed by atoms with van der Waals surface area (Å²) in [5.41, 5.74) is 1.53. The molecule has 0 spiro atoms. The van der Waals surface area contributed by atoms with E-state index in [1.807, 2.05) is 22.9 Å². The van der Waals surface area contributed by atoms with E-state index in [4.69, 9.17) is 11.7 Å². The summed E-state index contributed by atoms with van der Waals surface area (Å²) in [6.07, 6.45) is 6.89. The summed E-state index contributed by atoms with van der Waals surface area (Å²) in [4.78, 5) is 11.6. The summed E-state index contributed by atoms with van der Waals surface area (Å²) in [5, 5.41) is 12.4. The first-order chi connectivity index (χ1) is 8.74. The van der Waals surface area contributed by atoms with E-state index < -0.39 is 0 Å². The van der Waals surface area contributed by atoms with Crippen molar-refractivity contribution in [2.75, 3.05) is 6.54 Å². The smallest absolute Gasteiger partial charge is 0.240 e. The molecule has 2 aromatic rings. The molecule has 1 heterocycles. The minimum Gasteiger partial charge on any atom is -0.344 e. The van der Waals surface area contributed by atoms with Crippen LogP contribution >= 0.6 is 0 Å². The molecule has 0 atom stereocenters. The normalized spacial score (nSPS) is 9.67.